The van der Waals surface area contributed by atoms with Crippen LogP contribution >= 0.6 is 11.3 Å². The zero-order valence-electron chi connectivity index (χ0n) is 16.6. The Bertz CT molecular complexity index is 912. The number of hydrogen-bond acceptors (Lipinski definition) is 5. The number of carbonyl (C=O) groups is 2. The molecule has 1 atom stereocenters. The van der Waals surface area contributed by atoms with Gasteiger partial charge in [0.1, 0.15) is 0 Å². The zero-order valence-corrected chi connectivity index (χ0v) is 17.5. The molecule has 1 saturated heterocycles. The van der Waals surface area contributed by atoms with Gasteiger partial charge in [0.2, 0.25) is 5.78 Å². The van der Waals surface area contributed by atoms with Crippen LogP contribution in [0, 0.1) is 6.92 Å². The molecule has 0 aliphatic carbocycles. The third-order valence-electron chi connectivity index (χ3n) is 5.79. The lowest BCUT2D eigenvalue weighted by molar-refractivity contribution is -0.129. The average molecular weight is 411 g/mol. The Morgan fingerprint density at radius 1 is 1.10 bits per heavy atom. The first-order valence-electron chi connectivity index (χ1n) is 10.2. The minimum atomic E-state index is -0.553. The van der Waals surface area contributed by atoms with Crippen LogP contribution in [0.5, 0.6) is 0 Å². The third-order valence-corrected chi connectivity index (χ3v) is 6.66. The summed E-state index contributed by atoms with van der Waals surface area (Å²) in [5.41, 5.74) is 2.16. The molecule has 3 heterocycles. The number of aliphatic hydroxyl groups is 1. The molecule has 0 bridgehead atoms. The Labute approximate surface area is 175 Å². The summed E-state index contributed by atoms with van der Waals surface area (Å²) in [4.78, 5) is 30.7. The van der Waals surface area contributed by atoms with E-state index in [0.29, 0.717) is 11.4 Å². The Kier molecular flexibility index (Phi) is 5.83. The van der Waals surface area contributed by atoms with Crippen molar-refractivity contribution in [3.63, 3.8) is 0 Å². The number of likely N-dealkylation sites (tertiary alicyclic amines) is 1. The number of carbonyl (C=O) groups excluding carboxylic acids is 2. The monoisotopic (exact) mass is 410 g/mol. The molecule has 2 aliphatic rings. The molecule has 1 fully saturated rings. The van der Waals surface area contributed by atoms with Crippen LogP contribution in [-0.4, -0.2) is 52.8 Å². The van der Waals surface area contributed by atoms with E-state index in [9.17, 15) is 14.7 Å². The molecule has 1 unspecified atom stereocenters. The minimum Gasteiger partial charge on any atom is -0.503 e. The van der Waals surface area contributed by atoms with Crippen LogP contribution in [0.3, 0.4) is 0 Å². The van der Waals surface area contributed by atoms with Gasteiger partial charge in [0.05, 0.1) is 16.5 Å². The number of hydrogen-bond donors (Lipinski definition) is 1. The maximum absolute atomic E-state index is 13.2. The highest BCUT2D eigenvalue weighted by Crippen LogP contribution is 2.39. The largest absolute Gasteiger partial charge is 0.503 e. The Morgan fingerprint density at radius 3 is 2.48 bits per heavy atom. The molecular weight excluding hydrogens is 384 g/mol. The van der Waals surface area contributed by atoms with E-state index in [4.69, 9.17) is 0 Å². The minimum absolute atomic E-state index is 0.194. The summed E-state index contributed by atoms with van der Waals surface area (Å²) in [6.07, 6.45) is 3.62. The van der Waals surface area contributed by atoms with Gasteiger partial charge in [0.25, 0.3) is 5.91 Å². The van der Waals surface area contributed by atoms with Crippen molar-refractivity contribution in [2.24, 2.45) is 0 Å². The summed E-state index contributed by atoms with van der Waals surface area (Å²) in [5.74, 6) is -1.13. The topological polar surface area (TPSA) is 60.9 Å². The summed E-state index contributed by atoms with van der Waals surface area (Å²) < 4.78 is 0. The number of thiophene rings is 1. The predicted molar refractivity (Wildman–Crippen MR) is 114 cm³/mol. The van der Waals surface area contributed by atoms with Crippen molar-refractivity contribution in [1.29, 1.82) is 0 Å². The fourth-order valence-corrected chi connectivity index (χ4v) is 4.86. The van der Waals surface area contributed by atoms with Crippen molar-refractivity contribution < 1.29 is 14.7 Å². The number of nitrogens with zero attached hydrogens (tertiary/aromatic N) is 2. The number of benzene rings is 1. The first-order chi connectivity index (χ1) is 14.1. The lowest BCUT2D eigenvalue weighted by atomic mass is 9.95. The zero-order chi connectivity index (χ0) is 20.4. The number of aryl methyl sites for hydroxylation is 1. The van der Waals surface area contributed by atoms with Crippen molar-refractivity contribution in [1.82, 2.24) is 9.80 Å². The number of rotatable bonds is 6. The Balaban J connectivity index is 1.66. The molecule has 0 spiro atoms. The second kappa shape index (κ2) is 8.51. The van der Waals surface area contributed by atoms with Crippen LogP contribution in [-0.2, 0) is 4.79 Å². The molecule has 1 amide bonds. The van der Waals surface area contributed by atoms with Crippen molar-refractivity contribution in [3.8, 4) is 0 Å². The van der Waals surface area contributed by atoms with E-state index in [-0.39, 0.29) is 11.4 Å². The van der Waals surface area contributed by atoms with Crippen molar-refractivity contribution >= 4 is 23.0 Å². The summed E-state index contributed by atoms with van der Waals surface area (Å²) in [6.45, 7) is 5.32. The van der Waals surface area contributed by atoms with Gasteiger partial charge in [0.15, 0.2) is 5.76 Å². The summed E-state index contributed by atoms with van der Waals surface area (Å²) in [7, 11) is 0. The number of aliphatic hydroxyl groups excluding tert-OH is 1. The van der Waals surface area contributed by atoms with E-state index in [1.807, 2.05) is 36.6 Å². The van der Waals surface area contributed by atoms with Gasteiger partial charge in [-0.2, -0.15) is 0 Å². The number of ketones is 1. The van der Waals surface area contributed by atoms with Gasteiger partial charge in [0, 0.05) is 13.1 Å². The second-order valence-electron chi connectivity index (χ2n) is 7.78. The summed E-state index contributed by atoms with van der Waals surface area (Å²) in [6, 6.07) is 10.8. The molecule has 29 heavy (non-hydrogen) atoms. The average Bonchev–Trinajstić information content (AvgIpc) is 3.36. The normalized spacial score (nSPS) is 20.5. The van der Waals surface area contributed by atoms with Gasteiger partial charge in [-0.3, -0.25) is 9.59 Å². The van der Waals surface area contributed by atoms with Crippen LogP contribution in [0.25, 0.3) is 0 Å². The summed E-state index contributed by atoms with van der Waals surface area (Å²) in [5, 5.41) is 12.5. The van der Waals surface area contributed by atoms with Crippen LogP contribution < -0.4 is 0 Å². The fraction of sp³-hybridized carbons (Fsp3) is 0.391. The molecule has 1 aromatic carbocycles. The number of Topliss-reactive ketones (excluding diaryl/α,β-unsaturated/α-hetero) is 1. The maximum Gasteiger partial charge on any atom is 0.290 e. The van der Waals surface area contributed by atoms with Crippen molar-refractivity contribution in [2.45, 2.75) is 32.2 Å². The molecule has 0 radical (unpaired) electrons. The number of amides is 1. The highest BCUT2D eigenvalue weighted by Gasteiger charge is 2.43. The van der Waals surface area contributed by atoms with Gasteiger partial charge in [-0.1, -0.05) is 42.3 Å². The van der Waals surface area contributed by atoms with E-state index < -0.39 is 17.7 Å². The molecule has 6 heteroatoms. The SMILES string of the molecule is Cc1ccc(C2C(C(=O)c3cccs3)=C(O)C(=O)N2CCN2CCCCC2)cc1. The Morgan fingerprint density at radius 2 is 1.83 bits per heavy atom. The van der Waals surface area contributed by atoms with Crippen molar-refractivity contribution in [2.75, 3.05) is 26.2 Å². The van der Waals surface area contributed by atoms with E-state index in [1.54, 1.807) is 17.0 Å². The second-order valence-corrected chi connectivity index (χ2v) is 8.73. The lowest BCUT2D eigenvalue weighted by Crippen LogP contribution is -2.40. The van der Waals surface area contributed by atoms with E-state index in [1.165, 1.54) is 30.6 Å². The first kappa shape index (κ1) is 19.9. The smallest absolute Gasteiger partial charge is 0.290 e. The molecule has 2 aromatic rings. The van der Waals surface area contributed by atoms with Gasteiger partial charge in [-0.05, 0) is 49.9 Å². The van der Waals surface area contributed by atoms with Gasteiger partial charge < -0.3 is 14.9 Å². The molecule has 5 nitrogen and oxygen atoms in total. The van der Waals surface area contributed by atoms with E-state index >= 15 is 0 Å². The molecule has 4 rings (SSSR count). The van der Waals surface area contributed by atoms with Crippen LogP contribution in [0.15, 0.2) is 53.1 Å². The first-order valence-corrected chi connectivity index (χ1v) is 11.1. The lowest BCUT2D eigenvalue weighted by Gasteiger charge is -2.31. The highest BCUT2D eigenvalue weighted by atomic mass is 32.1. The predicted octanol–water partition coefficient (Wildman–Crippen LogP) is 4.12. The quantitative estimate of drug-likeness (QED) is 0.728. The van der Waals surface area contributed by atoms with Gasteiger partial charge in [-0.25, -0.2) is 0 Å². The molecule has 152 valence electrons. The van der Waals surface area contributed by atoms with Gasteiger partial charge in [-0.15, -0.1) is 11.3 Å². The molecular formula is C23H26N2O3S. The maximum atomic E-state index is 13.2. The fourth-order valence-electron chi connectivity index (χ4n) is 4.18. The molecule has 2 aliphatic heterocycles. The van der Waals surface area contributed by atoms with E-state index in [2.05, 4.69) is 4.90 Å². The van der Waals surface area contributed by atoms with Crippen LogP contribution in [0.2, 0.25) is 0 Å². The van der Waals surface area contributed by atoms with Crippen LogP contribution in [0.4, 0.5) is 0 Å². The highest BCUT2D eigenvalue weighted by molar-refractivity contribution is 7.12. The molecule has 0 saturated carbocycles. The standard InChI is InChI=1S/C23H26N2O3S/c1-16-7-9-17(10-8-16)20-19(21(26)18-6-5-15-29-18)22(27)23(28)25(20)14-13-24-11-3-2-4-12-24/h5-10,15,20,27H,2-4,11-14H2,1H3. The third kappa shape index (κ3) is 4.00. The Hall–Kier alpha value is -2.44. The number of piperidine rings is 1. The van der Waals surface area contributed by atoms with E-state index in [0.717, 1.165) is 30.8 Å². The molecule has 1 N–H and O–H groups in total. The molecule has 1 aromatic heterocycles. The van der Waals surface area contributed by atoms with Crippen molar-refractivity contribution in [3.05, 3.63) is 69.1 Å². The van der Waals surface area contributed by atoms with Crippen LogP contribution in [0.1, 0.15) is 46.1 Å². The summed E-state index contributed by atoms with van der Waals surface area (Å²) >= 11 is 1.33. The van der Waals surface area contributed by atoms with Gasteiger partial charge >= 0.3 is 0 Å².